The number of rotatable bonds is 3. The molecule has 106 valence electrons. The molecular weight excluding hydrogens is 278 g/mol. The van der Waals surface area contributed by atoms with E-state index in [4.69, 9.17) is 0 Å². The molecule has 1 N–H and O–H groups in total. The molecule has 20 heavy (non-hydrogen) atoms. The van der Waals surface area contributed by atoms with E-state index < -0.39 is 11.6 Å². The molecule has 0 bridgehead atoms. The highest BCUT2D eigenvalue weighted by molar-refractivity contribution is 7.08. The average molecular weight is 294 g/mol. The summed E-state index contributed by atoms with van der Waals surface area (Å²) in [4.78, 5) is 2.27. The van der Waals surface area contributed by atoms with E-state index >= 15 is 0 Å². The van der Waals surface area contributed by atoms with Crippen LogP contribution in [-0.2, 0) is 0 Å². The fourth-order valence-electron chi connectivity index (χ4n) is 2.72. The zero-order valence-corrected chi connectivity index (χ0v) is 11.8. The number of piperazine rings is 1. The largest absolute Gasteiger partial charge is 0.314 e. The molecule has 0 spiro atoms. The number of hydrogen-bond donors (Lipinski definition) is 1. The van der Waals surface area contributed by atoms with E-state index in [1.54, 1.807) is 11.3 Å². The van der Waals surface area contributed by atoms with E-state index in [1.165, 1.54) is 12.1 Å². The second-order valence-corrected chi connectivity index (χ2v) is 5.73. The van der Waals surface area contributed by atoms with Gasteiger partial charge in [0.15, 0.2) is 0 Å². The summed E-state index contributed by atoms with van der Waals surface area (Å²) < 4.78 is 27.1. The van der Waals surface area contributed by atoms with Crippen molar-refractivity contribution in [1.82, 2.24) is 10.2 Å². The molecular formula is C15H16F2N2S. The lowest BCUT2D eigenvalue weighted by Crippen LogP contribution is -2.45. The van der Waals surface area contributed by atoms with Gasteiger partial charge < -0.3 is 5.32 Å². The van der Waals surface area contributed by atoms with Crippen molar-refractivity contribution in [2.45, 2.75) is 6.04 Å². The molecule has 1 fully saturated rings. The Morgan fingerprint density at radius 1 is 1.05 bits per heavy atom. The Kier molecular flexibility index (Phi) is 4.10. The van der Waals surface area contributed by atoms with Crippen molar-refractivity contribution in [3.8, 4) is 0 Å². The molecule has 0 aliphatic carbocycles. The minimum atomic E-state index is -0.518. The Hall–Kier alpha value is -1.30. The lowest BCUT2D eigenvalue weighted by molar-refractivity contribution is 0.198. The van der Waals surface area contributed by atoms with E-state index in [-0.39, 0.29) is 6.04 Å². The smallest absolute Gasteiger partial charge is 0.126 e. The van der Waals surface area contributed by atoms with Crippen molar-refractivity contribution in [3.63, 3.8) is 0 Å². The Morgan fingerprint density at radius 3 is 2.35 bits per heavy atom. The zero-order chi connectivity index (χ0) is 13.9. The van der Waals surface area contributed by atoms with E-state index in [9.17, 15) is 8.78 Å². The number of halogens is 2. The van der Waals surface area contributed by atoms with Crippen LogP contribution >= 0.6 is 11.3 Å². The molecule has 1 aromatic carbocycles. The quantitative estimate of drug-likeness (QED) is 0.936. The van der Waals surface area contributed by atoms with Crippen LogP contribution in [0.25, 0.3) is 0 Å². The van der Waals surface area contributed by atoms with Crippen LogP contribution in [-0.4, -0.2) is 31.1 Å². The fraction of sp³-hybridized carbons (Fsp3) is 0.333. The molecule has 1 atom stereocenters. The summed E-state index contributed by atoms with van der Waals surface area (Å²) in [5.41, 5.74) is 1.78. The van der Waals surface area contributed by atoms with Crippen LogP contribution in [0.1, 0.15) is 17.2 Å². The summed E-state index contributed by atoms with van der Waals surface area (Å²) in [7, 11) is 0. The molecule has 1 aromatic heterocycles. The molecule has 1 aliphatic rings. The molecule has 3 rings (SSSR count). The molecule has 2 heterocycles. The minimum absolute atomic E-state index is 0.0754. The monoisotopic (exact) mass is 294 g/mol. The van der Waals surface area contributed by atoms with Crippen molar-refractivity contribution < 1.29 is 8.78 Å². The van der Waals surface area contributed by atoms with Gasteiger partial charge in [-0.25, -0.2) is 8.78 Å². The zero-order valence-electron chi connectivity index (χ0n) is 11.0. The molecule has 2 aromatic rings. The van der Waals surface area contributed by atoms with E-state index in [0.29, 0.717) is 5.56 Å². The van der Waals surface area contributed by atoms with Gasteiger partial charge in [0.05, 0.1) is 6.04 Å². The lowest BCUT2D eigenvalue weighted by Gasteiger charge is -2.35. The molecule has 5 heteroatoms. The first-order valence-corrected chi connectivity index (χ1v) is 7.61. The third-order valence-corrected chi connectivity index (χ3v) is 4.28. The second kappa shape index (κ2) is 5.99. The molecule has 0 radical (unpaired) electrons. The van der Waals surface area contributed by atoms with Crippen molar-refractivity contribution in [1.29, 1.82) is 0 Å². The highest BCUT2D eigenvalue weighted by Crippen LogP contribution is 2.31. The van der Waals surface area contributed by atoms with Gasteiger partial charge in [-0.2, -0.15) is 11.3 Å². The number of nitrogens with zero attached hydrogens (tertiary/aromatic N) is 1. The van der Waals surface area contributed by atoms with Gasteiger partial charge in [0.1, 0.15) is 11.6 Å². The molecule has 0 amide bonds. The first-order valence-electron chi connectivity index (χ1n) is 6.67. The van der Waals surface area contributed by atoms with Gasteiger partial charge in [-0.05, 0) is 40.1 Å². The number of hydrogen-bond acceptors (Lipinski definition) is 3. The van der Waals surface area contributed by atoms with Gasteiger partial charge in [0, 0.05) is 32.2 Å². The van der Waals surface area contributed by atoms with Crippen molar-refractivity contribution in [2.75, 3.05) is 26.2 Å². The highest BCUT2D eigenvalue weighted by Gasteiger charge is 2.25. The highest BCUT2D eigenvalue weighted by atomic mass is 32.1. The van der Waals surface area contributed by atoms with Crippen molar-refractivity contribution in [3.05, 3.63) is 57.8 Å². The van der Waals surface area contributed by atoms with Crippen molar-refractivity contribution in [2.24, 2.45) is 0 Å². The Bertz CT molecular complexity index is 545. The minimum Gasteiger partial charge on any atom is -0.314 e. The SMILES string of the molecule is Fc1cc(F)cc([C@@H](c2ccsc2)N2CCNCC2)c1. The average Bonchev–Trinajstić information content (AvgIpc) is 2.93. The molecule has 2 nitrogen and oxygen atoms in total. The van der Waals surface area contributed by atoms with Crippen LogP contribution in [0.2, 0.25) is 0 Å². The second-order valence-electron chi connectivity index (χ2n) is 4.95. The molecule has 1 aliphatic heterocycles. The maximum atomic E-state index is 13.5. The van der Waals surface area contributed by atoms with Crippen LogP contribution in [0.4, 0.5) is 8.78 Å². The summed E-state index contributed by atoms with van der Waals surface area (Å²) in [5, 5.41) is 7.35. The molecule has 1 saturated heterocycles. The van der Waals surface area contributed by atoms with Gasteiger partial charge in [-0.1, -0.05) is 0 Å². The first-order chi connectivity index (χ1) is 9.74. The van der Waals surface area contributed by atoms with Gasteiger partial charge in [0.2, 0.25) is 0 Å². The van der Waals surface area contributed by atoms with Crippen LogP contribution in [0.15, 0.2) is 35.0 Å². The van der Waals surface area contributed by atoms with Gasteiger partial charge in [0.25, 0.3) is 0 Å². The maximum absolute atomic E-state index is 13.5. The predicted octanol–water partition coefficient (Wildman–Crippen LogP) is 3.02. The Labute approximate surface area is 121 Å². The number of nitrogens with one attached hydrogen (secondary N) is 1. The lowest BCUT2D eigenvalue weighted by atomic mass is 9.98. The Balaban J connectivity index is 2.00. The molecule has 0 unspecified atom stereocenters. The normalized spacial score (nSPS) is 18.1. The van der Waals surface area contributed by atoms with E-state index in [2.05, 4.69) is 15.6 Å². The van der Waals surface area contributed by atoms with Gasteiger partial charge >= 0.3 is 0 Å². The third-order valence-electron chi connectivity index (χ3n) is 3.58. The van der Waals surface area contributed by atoms with Crippen LogP contribution in [0.5, 0.6) is 0 Å². The maximum Gasteiger partial charge on any atom is 0.126 e. The van der Waals surface area contributed by atoms with Crippen LogP contribution in [0.3, 0.4) is 0 Å². The van der Waals surface area contributed by atoms with Crippen molar-refractivity contribution >= 4 is 11.3 Å². The predicted molar refractivity (Wildman–Crippen MR) is 77.0 cm³/mol. The van der Waals surface area contributed by atoms with Crippen LogP contribution in [0, 0.1) is 11.6 Å². The topological polar surface area (TPSA) is 15.3 Å². The number of benzene rings is 1. The van der Waals surface area contributed by atoms with E-state index in [1.807, 2.05) is 11.4 Å². The van der Waals surface area contributed by atoms with Crippen LogP contribution < -0.4 is 5.32 Å². The first kappa shape index (κ1) is 13.7. The third kappa shape index (κ3) is 2.90. The fourth-order valence-corrected chi connectivity index (χ4v) is 3.40. The van der Waals surface area contributed by atoms with E-state index in [0.717, 1.165) is 37.8 Å². The Morgan fingerprint density at radius 2 is 1.75 bits per heavy atom. The van der Waals surface area contributed by atoms with Gasteiger partial charge in [-0.15, -0.1) is 0 Å². The standard InChI is InChI=1S/C15H16F2N2S/c16-13-7-12(8-14(17)9-13)15(11-1-6-20-10-11)19-4-2-18-3-5-19/h1,6-10,15,18H,2-5H2/t15-/m1/s1. The summed E-state index contributed by atoms with van der Waals surface area (Å²) in [6.45, 7) is 3.55. The summed E-state index contributed by atoms with van der Waals surface area (Å²) >= 11 is 1.61. The number of thiophene rings is 1. The van der Waals surface area contributed by atoms with Gasteiger partial charge in [-0.3, -0.25) is 4.90 Å². The summed E-state index contributed by atoms with van der Waals surface area (Å²) in [5.74, 6) is -1.04. The summed E-state index contributed by atoms with van der Waals surface area (Å²) in [6, 6.07) is 5.75. The molecule has 0 saturated carbocycles. The summed E-state index contributed by atoms with van der Waals surface area (Å²) in [6.07, 6.45) is 0.